The van der Waals surface area contributed by atoms with E-state index >= 15 is 0 Å². The Morgan fingerprint density at radius 3 is 2.39 bits per heavy atom. The molecule has 5 nitrogen and oxygen atoms in total. The van der Waals surface area contributed by atoms with Crippen molar-refractivity contribution in [3.63, 3.8) is 0 Å². The van der Waals surface area contributed by atoms with Crippen LogP contribution >= 0.6 is 11.8 Å². The van der Waals surface area contributed by atoms with Gasteiger partial charge in [-0.15, -0.1) is 11.8 Å². The molecule has 2 aromatic carbocycles. The molecule has 2 aromatic rings. The molecule has 0 N–H and O–H groups in total. The minimum atomic E-state index is -0.493. The largest absolute Gasteiger partial charge is 0.444 e. The topological polar surface area (TPSA) is 42.0 Å². The van der Waals surface area contributed by atoms with Gasteiger partial charge in [-0.25, -0.2) is 4.79 Å². The fourth-order valence-corrected chi connectivity index (χ4v) is 4.01. The Morgan fingerprint density at radius 1 is 1.03 bits per heavy atom. The van der Waals surface area contributed by atoms with Gasteiger partial charge in [0, 0.05) is 31.1 Å². The van der Waals surface area contributed by atoms with Crippen LogP contribution in [0.4, 0.5) is 4.79 Å². The molecule has 3 rings (SSSR count). The number of ether oxygens (including phenoxy) is 2. The Bertz CT molecular complexity index is 821. The molecule has 0 unspecified atom stereocenters. The second kappa shape index (κ2) is 11.0. The number of thioether (sulfide) groups is 1. The van der Waals surface area contributed by atoms with E-state index in [1.165, 1.54) is 10.5 Å². The quantitative estimate of drug-likeness (QED) is 0.562. The highest BCUT2D eigenvalue weighted by atomic mass is 32.2. The van der Waals surface area contributed by atoms with Crippen LogP contribution in [0.25, 0.3) is 0 Å². The lowest BCUT2D eigenvalue weighted by Crippen LogP contribution is -2.56. The average Bonchev–Trinajstić information content (AvgIpc) is 2.75. The number of rotatable bonds is 7. The van der Waals surface area contributed by atoms with E-state index in [0.29, 0.717) is 26.3 Å². The number of amides is 1. The molecule has 1 aliphatic rings. The van der Waals surface area contributed by atoms with Crippen LogP contribution in [0.2, 0.25) is 0 Å². The maximum atomic E-state index is 12.6. The summed E-state index contributed by atoms with van der Waals surface area (Å²) < 4.78 is 11.7. The molecule has 1 aliphatic heterocycles. The van der Waals surface area contributed by atoms with Crippen molar-refractivity contribution in [2.45, 2.75) is 50.5 Å². The third kappa shape index (κ3) is 7.56. The Morgan fingerprint density at radius 2 is 1.74 bits per heavy atom. The van der Waals surface area contributed by atoms with Crippen LogP contribution in [0.1, 0.15) is 31.9 Å². The van der Waals surface area contributed by atoms with Gasteiger partial charge in [0.25, 0.3) is 0 Å². The number of benzene rings is 2. The molecule has 1 amide bonds. The zero-order valence-corrected chi connectivity index (χ0v) is 19.9. The summed E-state index contributed by atoms with van der Waals surface area (Å²) in [5.74, 6) is 0. The molecule has 0 radical (unpaired) electrons. The van der Waals surface area contributed by atoms with Crippen LogP contribution in [-0.4, -0.2) is 60.0 Å². The number of nitrogens with zero attached hydrogens (tertiary/aromatic N) is 2. The van der Waals surface area contributed by atoms with Gasteiger partial charge in [-0.2, -0.15) is 0 Å². The maximum absolute atomic E-state index is 12.6. The lowest BCUT2D eigenvalue weighted by molar-refractivity contribution is -0.0193. The fourth-order valence-electron chi connectivity index (χ4n) is 3.60. The molecule has 1 fully saturated rings. The second-order valence-corrected chi connectivity index (χ2v) is 9.78. The average molecular weight is 443 g/mol. The molecule has 0 aromatic heterocycles. The van der Waals surface area contributed by atoms with E-state index in [1.54, 1.807) is 11.8 Å². The highest BCUT2D eigenvalue weighted by Gasteiger charge is 2.32. The predicted molar refractivity (Wildman–Crippen MR) is 126 cm³/mol. The van der Waals surface area contributed by atoms with E-state index in [0.717, 1.165) is 18.7 Å². The zero-order valence-electron chi connectivity index (χ0n) is 19.0. The van der Waals surface area contributed by atoms with Crippen molar-refractivity contribution >= 4 is 17.9 Å². The van der Waals surface area contributed by atoms with Crippen molar-refractivity contribution in [3.05, 3.63) is 65.7 Å². The molecule has 168 valence electrons. The van der Waals surface area contributed by atoms with Gasteiger partial charge in [0.05, 0.1) is 19.3 Å². The van der Waals surface area contributed by atoms with Crippen molar-refractivity contribution in [1.82, 2.24) is 9.80 Å². The molecule has 0 saturated carbocycles. The van der Waals surface area contributed by atoms with E-state index in [9.17, 15) is 4.79 Å². The van der Waals surface area contributed by atoms with Crippen LogP contribution < -0.4 is 0 Å². The summed E-state index contributed by atoms with van der Waals surface area (Å²) in [6.45, 7) is 9.75. The fraction of sp³-hybridized carbons (Fsp3) is 0.480. The molecule has 1 atom stereocenters. The van der Waals surface area contributed by atoms with Crippen molar-refractivity contribution in [2.24, 2.45) is 0 Å². The van der Waals surface area contributed by atoms with Gasteiger partial charge in [0.1, 0.15) is 5.60 Å². The highest BCUT2D eigenvalue weighted by molar-refractivity contribution is 7.98. The van der Waals surface area contributed by atoms with Crippen LogP contribution in [0.15, 0.2) is 59.5 Å². The van der Waals surface area contributed by atoms with Gasteiger partial charge in [-0.05, 0) is 50.3 Å². The number of carbonyl (C=O) groups excluding carboxylic acids is 1. The van der Waals surface area contributed by atoms with Gasteiger partial charge in [0.15, 0.2) is 0 Å². The minimum absolute atomic E-state index is 0.118. The first-order valence-electron chi connectivity index (χ1n) is 10.8. The summed E-state index contributed by atoms with van der Waals surface area (Å²) in [4.78, 5) is 18.1. The van der Waals surface area contributed by atoms with E-state index in [1.807, 2.05) is 31.7 Å². The van der Waals surface area contributed by atoms with Crippen LogP contribution in [0, 0.1) is 0 Å². The minimum Gasteiger partial charge on any atom is -0.444 e. The standard InChI is InChI=1S/C25H34N2O3S/c1-25(2,3)30-24(28)27-15-14-26(16-20-8-6-5-7-9-20)22(17-27)19-29-18-21-10-12-23(31-4)13-11-21/h5-13,22H,14-19H2,1-4H3/t22-/m0/s1. The van der Waals surface area contributed by atoms with Crippen molar-refractivity contribution in [2.75, 3.05) is 32.5 Å². The summed E-state index contributed by atoms with van der Waals surface area (Å²) >= 11 is 1.74. The van der Waals surface area contributed by atoms with Gasteiger partial charge in [-0.3, -0.25) is 4.90 Å². The van der Waals surface area contributed by atoms with Crippen LogP contribution in [0.3, 0.4) is 0 Å². The number of hydrogen-bond donors (Lipinski definition) is 0. The summed E-state index contributed by atoms with van der Waals surface area (Å²) in [7, 11) is 0. The molecular weight excluding hydrogens is 408 g/mol. The zero-order chi connectivity index (χ0) is 22.3. The van der Waals surface area contributed by atoms with Gasteiger partial charge >= 0.3 is 6.09 Å². The first-order valence-corrected chi connectivity index (χ1v) is 12.0. The molecule has 0 spiro atoms. The summed E-state index contributed by atoms with van der Waals surface area (Å²) in [6.07, 6.45) is 1.83. The van der Waals surface area contributed by atoms with Crippen molar-refractivity contribution < 1.29 is 14.3 Å². The van der Waals surface area contributed by atoms with Crippen LogP contribution in [-0.2, 0) is 22.6 Å². The lowest BCUT2D eigenvalue weighted by Gasteiger charge is -2.41. The lowest BCUT2D eigenvalue weighted by atomic mass is 10.1. The SMILES string of the molecule is CSc1ccc(COC[C@@H]2CN(C(=O)OC(C)(C)C)CCN2Cc2ccccc2)cc1. The Labute approximate surface area is 190 Å². The first-order chi connectivity index (χ1) is 14.8. The third-order valence-corrected chi connectivity index (χ3v) is 5.97. The highest BCUT2D eigenvalue weighted by Crippen LogP contribution is 2.19. The first kappa shape index (κ1) is 23.6. The monoisotopic (exact) mass is 442 g/mol. The second-order valence-electron chi connectivity index (χ2n) is 8.90. The molecular formula is C25H34N2O3S. The molecule has 31 heavy (non-hydrogen) atoms. The van der Waals surface area contributed by atoms with E-state index in [4.69, 9.17) is 9.47 Å². The van der Waals surface area contributed by atoms with Gasteiger partial charge in [0.2, 0.25) is 0 Å². The molecule has 1 saturated heterocycles. The van der Waals surface area contributed by atoms with Gasteiger partial charge in [-0.1, -0.05) is 42.5 Å². The number of piperazine rings is 1. The smallest absolute Gasteiger partial charge is 0.410 e. The normalized spacial score (nSPS) is 17.5. The predicted octanol–water partition coefficient (Wildman–Crippen LogP) is 5.05. The van der Waals surface area contributed by atoms with E-state index in [2.05, 4.69) is 59.7 Å². The Hall–Kier alpha value is -2.02. The molecule has 1 heterocycles. The maximum Gasteiger partial charge on any atom is 0.410 e. The molecule has 0 bridgehead atoms. The number of hydrogen-bond acceptors (Lipinski definition) is 5. The van der Waals surface area contributed by atoms with Crippen molar-refractivity contribution in [3.8, 4) is 0 Å². The summed E-state index contributed by atoms with van der Waals surface area (Å²) in [5, 5.41) is 0. The van der Waals surface area contributed by atoms with E-state index < -0.39 is 5.60 Å². The Kier molecular flexibility index (Phi) is 8.41. The Balaban J connectivity index is 1.62. The molecule has 6 heteroatoms. The summed E-state index contributed by atoms with van der Waals surface area (Å²) in [5.41, 5.74) is 1.94. The van der Waals surface area contributed by atoms with Crippen LogP contribution in [0.5, 0.6) is 0 Å². The molecule has 0 aliphatic carbocycles. The summed E-state index contributed by atoms with van der Waals surface area (Å²) in [6, 6.07) is 19.0. The van der Waals surface area contributed by atoms with E-state index in [-0.39, 0.29) is 12.1 Å². The van der Waals surface area contributed by atoms with Gasteiger partial charge < -0.3 is 14.4 Å². The third-order valence-electron chi connectivity index (χ3n) is 5.22. The van der Waals surface area contributed by atoms with Crippen molar-refractivity contribution in [1.29, 1.82) is 0 Å². The number of carbonyl (C=O) groups is 1.